The summed E-state index contributed by atoms with van der Waals surface area (Å²) in [7, 11) is -4.59. The van der Waals surface area contributed by atoms with Gasteiger partial charge in [0, 0.05) is 26.1 Å². The van der Waals surface area contributed by atoms with Crippen LogP contribution in [0.1, 0.15) is 6.42 Å². The van der Waals surface area contributed by atoms with Gasteiger partial charge in [-0.1, -0.05) is 0 Å². The van der Waals surface area contributed by atoms with Gasteiger partial charge in [0.2, 0.25) is 5.91 Å². The molecule has 0 aromatic carbocycles. The summed E-state index contributed by atoms with van der Waals surface area (Å²) in [5.41, 5.74) is 5.19. The molecule has 2 N–H and O–H groups in total. The normalized spacial score (nSPS) is 24.0. The van der Waals surface area contributed by atoms with E-state index in [1.165, 1.54) is 4.90 Å². The zero-order valence-corrected chi connectivity index (χ0v) is 7.76. The van der Waals surface area contributed by atoms with Gasteiger partial charge in [0.05, 0.1) is 0 Å². The summed E-state index contributed by atoms with van der Waals surface area (Å²) in [5, 5.41) is -1.20. The highest BCUT2D eigenvalue weighted by Crippen LogP contribution is 2.18. The van der Waals surface area contributed by atoms with Gasteiger partial charge in [0.15, 0.2) is 0 Å². The largest absolute Gasteiger partial charge is 0.340 e. The second-order valence-electron chi connectivity index (χ2n) is 2.93. The number of nitrogens with two attached hydrogens (primary N) is 1. The fraction of sp³-hybridized carbons (Fsp3) is 0.833. The number of nitrogens with zero attached hydrogens (tertiary/aromatic N) is 1. The minimum absolute atomic E-state index is 0.0745. The van der Waals surface area contributed by atoms with Gasteiger partial charge in [-0.2, -0.15) is 8.42 Å². The van der Waals surface area contributed by atoms with E-state index < -0.39 is 15.5 Å². The Bertz CT molecular complexity index is 303. The molecule has 1 atom stereocenters. The smallest absolute Gasteiger partial charge is 0.307 e. The van der Waals surface area contributed by atoms with E-state index in [0.29, 0.717) is 0 Å². The van der Waals surface area contributed by atoms with E-state index >= 15 is 0 Å². The van der Waals surface area contributed by atoms with Gasteiger partial charge < -0.3 is 10.6 Å². The fourth-order valence-corrected chi connectivity index (χ4v) is 2.00. The molecular weight excluding hydrogens is 199 g/mol. The Balaban J connectivity index is 2.66. The molecule has 0 bridgehead atoms. The Morgan fingerprint density at radius 2 is 2.23 bits per heavy atom. The SMILES string of the molecule is NCCN1CC(S(=O)(=O)F)CC1=O. The number of likely N-dealkylation sites (tertiary alicyclic amines) is 1. The first-order chi connectivity index (χ1) is 5.95. The molecule has 1 aliphatic heterocycles. The Kier molecular flexibility index (Phi) is 2.87. The Hall–Kier alpha value is -0.690. The molecule has 13 heavy (non-hydrogen) atoms. The summed E-state index contributed by atoms with van der Waals surface area (Å²) in [6, 6.07) is 0. The average molecular weight is 210 g/mol. The van der Waals surface area contributed by atoms with Crippen LogP contribution >= 0.6 is 0 Å². The molecule has 7 heteroatoms. The predicted molar refractivity (Wildman–Crippen MR) is 44.1 cm³/mol. The van der Waals surface area contributed by atoms with Crippen molar-refractivity contribution in [2.45, 2.75) is 11.7 Å². The second kappa shape index (κ2) is 3.59. The van der Waals surface area contributed by atoms with Crippen molar-refractivity contribution in [1.82, 2.24) is 4.90 Å². The summed E-state index contributed by atoms with van der Waals surface area (Å²) >= 11 is 0. The van der Waals surface area contributed by atoms with Crippen LogP contribution in [0.4, 0.5) is 3.89 Å². The number of amides is 1. The van der Waals surface area contributed by atoms with Crippen molar-refractivity contribution < 1.29 is 17.1 Å². The highest BCUT2D eigenvalue weighted by Gasteiger charge is 2.37. The van der Waals surface area contributed by atoms with E-state index in [9.17, 15) is 17.1 Å². The minimum atomic E-state index is -4.59. The maximum Gasteiger partial charge on any atom is 0.307 e. The molecule has 1 rings (SSSR count). The van der Waals surface area contributed by atoms with E-state index in [-0.39, 0.29) is 32.0 Å². The van der Waals surface area contributed by atoms with Crippen molar-refractivity contribution in [1.29, 1.82) is 0 Å². The van der Waals surface area contributed by atoms with Crippen LogP contribution in [0.2, 0.25) is 0 Å². The fourth-order valence-electron chi connectivity index (χ4n) is 1.30. The molecule has 0 aliphatic carbocycles. The summed E-state index contributed by atoms with van der Waals surface area (Å²) in [5.74, 6) is -0.350. The quantitative estimate of drug-likeness (QED) is 0.596. The van der Waals surface area contributed by atoms with E-state index in [1.54, 1.807) is 0 Å². The van der Waals surface area contributed by atoms with Crippen LogP contribution in [-0.2, 0) is 15.0 Å². The molecule has 76 valence electrons. The Morgan fingerprint density at radius 3 is 2.62 bits per heavy atom. The van der Waals surface area contributed by atoms with Gasteiger partial charge in [0.1, 0.15) is 5.25 Å². The molecular formula is C6H11FN2O3S. The maximum absolute atomic E-state index is 12.4. The predicted octanol–water partition coefficient (Wildman–Crippen LogP) is -1.15. The summed E-state index contributed by atoms with van der Waals surface area (Å²) < 4.78 is 33.3. The van der Waals surface area contributed by atoms with Gasteiger partial charge >= 0.3 is 10.2 Å². The van der Waals surface area contributed by atoms with Gasteiger partial charge in [-0.25, -0.2) is 0 Å². The molecule has 1 unspecified atom stereocenters. The summed E-state index contributed by atoms with van der Waals surface area (Å²) in [6.45, 7) is 0.463. The van der Waals surface area contributed by atoms with Gasteiger partial charge in [-0.15, -0.1) is 3.89 Å². The molecule has 0 radical (unpaired) electrons. The third-order valence-electron chi connectivity index (χ3n) is 1.98. The highest BCUT2D eigenvalue weighted by molar-refractivity contribution is 7.87. The highest BCUT2D eigenvalue weighted by atomic mass is 32.3. The summed E-state index contributed by atoms with van der Waals surface area (Å²) in [4.78, 5) is 12.3. The number of hydrogen-bond donors (Lipinski definition) is 1. The third kappa shape index (κ3) is 2.38. The minimum Gasteiger partial charge on any atom is -0.340 e. The molecule has 1 aliphatic rings. The van der Waals surface area contributed by atoms with E-state index in [2.05, 4.69) is 0 Å². The van der Waals surface area contributed by atoms with Crippen molar-refractivity contribution in [3.05, 3.63) is 0 Å². The van der Waals surface area contributed by atoms with Crippen molar-refractivity contribution in [2.75, 3.05) is 19.6 Å². The van der Waals surface area contributed by atoms with Crippen LogP contribution in [0, 0.1) is 0 Å². The lowest BCUT2D eigenvalue weighted by molar-refractivity contribution is -0.127. The van der Waals surface area contributed by atoms with Crippen molar-refractivity contribution in [2.24, 2.45) is 5.73 Å². The zero-order chi connectivity index (χ0) is 10.1. The Morgan fingerprint density at radius 1 is 1.62 bits per heavy atom. The average Bonchev–Trinajstić information content (AvgIpc) is 2.32. The molecule has 5 nitrogen and oxygen atoms in total. The number of rotatable bonds is 3. The van der Waals surface area contributed by atoms with E-state index in [4.69, 9.17) is 5.73 Å². The first-order valence-electron chi connectivity index (χ1n) is 3.86. The topological polar surface area (TPSA) is 80.5 Å². The van der Waals surface area contributed by atoms with Crippen LogP contribution in [0.25, 0.3) is 0 Å². The van der Waals surface area contributed by atoms with Crippen LogP contribution in [0.5, 0.6) is 0 Å². The molecule has 1 amide bonds. The summed E-state index contributed by atoms with van der Waals surface area (Å²) in [6.07, 6.45) is -0.265. The van der Waals surface area contributed by atoms with Crippen molar-refractivity contribution >= 4 is 16.1 Å². The Labute approximate surface area is 75.9 Å². The lowest BCUT2D eigenvalue weighted by atomic mass is 10.4. The monoisotopic (exact) mass is 210 g/mol. The van der Waals surface area contributed by atoms with Crippen LogP contribution in [0.15, 0.2) is 0 Å². The first-order valence-corrected chi connectivity index (χ1v) is 5.31. The molecule has 0 saturated carbocycles. The lowest BCUT2D eigenvalue weighted by Gasteiger charge is -2.13. The molecule has 1 saturated heterocycles. The third-order valence-corrected chi connectivity index (χ3v) is 3.09. The van der Waals surface area contributed by atoms with Crippen molar-refractivity contribution in [3.8, 4) is 0 Å². The van der Waals surface area contributed by atoms with Gasteiger partial charge in [-0.3, -0.25) is 4.79 Å². The first kappa shape index (κ1) is 10.4. The number of carbonyl (C=O) groups excluding carboxylic acids is 1. The van der Waals surface area contributed by atoms with Crippen molar-refractivity contribution in [3.63, 3.8) is 0 Å². The van der Waals surface area contributed by atoms with Gasteiger partial charge in [-0.05, 0) is 0 Å². The zero-order valence-electron chi connectivity index (χ0n) is 6.94. The molecule has 0 spiro atoms. The van der Waals surface area contributed by atoms with Gasteiger partial charge in [0.25, 0.3) is 0 Å². The molecule has 0 aromatic heterocycles. The standard InChI is InChI=1S/C6H11FN2O3S/c7-13(11,12)5-3-6(10)9(4-5)2-1-8/h5H,1-4,8H2. The van der Waals surface area contributed by atoms with Crippen LogP contribution in [-0.4, -0.2) is 44.1 Å². The number of halogens is 1. The van der Waals surface area contributed by atoms with Crippen LogP contribution in [0.3, 0.4) is 0 Å². The molecule has 0 aromatic rings. The maximum atomic E-state index is 12.4. The number of carbonyl (C=O) groups is 1. The van der Waals surface area contributed by atoms with E-state index in [0.717, 1.165) is 0 Å². The van der Waals surface area contributed by atoms with Crippen LogP contribution < -0.4 is 5.73 Å². The lowest BCUT2D eigenvalue weighted by Crippen LogP contribution is -2.32. The number of hydrogen-bond acceptors (Lipinski definition) is 4. The second-order valence-corrected chi connectivity index (χ2v) is 4.55. The molecule has 1 fully saturated rings. The molecule has 1 heterocycles. The van der Waals surface area contributed by atoms with E-state index in [1.807, 2.05) is 0 Å².